The molecular weight excluding hydrogens is 306 g/mol. The van der Waals surface area contributed by atoms with E-state index in [4.69, 9.17) is 27.2 Å². The number of carbonyl (C=O) groups is 1. The quantitative estimate of drug-likeness (QED) is 0.747. The topological polar surface area (TPSA) is 116 Å². The molecule has 9 heteroatoms. The van der Waals surface area contributed by atoms with Crippen LogP contribution in [-0.4, -0.2) is 45.5 Å². The maximum Gasteiger partial charge on any atom is 0.257 e. The third-order valence-electron chi connectivity index (χ3n) is 2.97. The lowest BCUT2D eigenvalue weighted by atomic mass is 10.1. The van der Waals surface area contributed by atoms with Crippen molar-refractivity contribution in [3.05, 3.63) is 22.7 Å². The van der Waals surface area contributed by atoms with E-state index in [0.29, 0.717) is 26.3 Å². The van der Waals surface area contributed by atoms with E-state index >= 15 is 0 Å². The van der Waals surface area contributed by atoms with Crippen LogP contribution < -0.4 is 10.9 Å². The summed E-state index contributed by atoms with van der Waals surface area (Å²) in [7, 11) is -4.02. The average Bonchev–Trinajstić information content (AvgIpc) is 2.38. The van der Waals surface area contributed by atoms with Gasteiger partial charge in [-0.05, 0) is 12.1 Å². The zero-order valence-corrected chi connectivity index (χ0v) is 12.1. The number of sulfonamides is 1. The summed E-state index contributed by atoms with van der Waals surface area (Å²) in [6.45, 7) is 1.62. The number of anilines is 1. The number of amides is 1. The summed E-state index contributed by atoms with van der Waals surface area (Å²) in [6.07, 6.45) is 0. The first-order chi connectivity index (χ1) is 9.32. The minimum atomic E-state index is -4.02. The number of carbonyl (C=O) groups excluding carboxylic acids is 1. The molecule has 1 heterocycles. The Labute approximate surface area is 121 Å². The SMILES string of the molecule is Nc1c(S(N)(=O)=O)ccc(Cl)c1C(=O)N1CCOCC1. The minimum absolute atomic E-state index is 0.0416. The van der Waals surface area contributed by atoms with Crippen molar-refractivity contribution < 1.29 is 17.9 Å². The normalized spacial score (nSPS) is 16.2. The molecule has 20 heavy (non-hydrogen) atoms. The van der Waals surface area contributed by atoms with Crippen LogP contribution in [0.1, 0.15) is 10.4 Å². The van der Waals surface area contributed by atoms with Gasteiger partial charge in [0.1, 0.15) is 4.90 Å². The Morgan fingerprint density at radius 3 is 2.45 bits per heavy atom. The van der Waals surface area contributed by atoms with Crippen molar-refractivity contribution in [2.24, 2.45) is 5.14 Å². The number of rotatable bonds is 2. The van der Waals surface area contributed by atoms with Gasteiger partial charge in [-0.25, -0.2) is 13.6 Å². The second-order valence-corrected chi connectivity index (χ2v) is 6.22. The molecule has 1 saturated heterocycles. The van der Waals surface area contributed by atoms with Gasteiger partial charge in [-0.1, -0.05) is 11.6 Å². The monoisotopic (exact) mass is 319 g/mol. The molecule has 110 valence electrons. The van der Waals surface area contributed by atoms with Crippen molar-refractivity contribution >= 4 is 33.2 Å². The Kier molecular flexibility index (Phi) is 4.19. The van der Waals surface area contributed by atoms with Crippen molar-refractivity contribution in [1.29, 1.82) is 0 Å². The largest absolute Gasteiger partial charge is 0.397 e. The molecule has 7 nitrogen and oxygen atoms in total. The highest BCUT2D eigenvalue weighted by molar-refractivity contribution is 7.89. The van der Waals surface area contributed by atoms with Gasteiger partial charge in [0.15, 0.2) is 0 Å². The molecule has 1 aliphatic heterocycles. The molecule has 1 aliphatic rings. The van der Waals surface area contributed by atoms with E-state index in [1.54, 1.807) is 0 Å². The van der Waals surface area contributed by atoms with E-state index in [2.05, 4.69) is 0 Å². The maximum absolute atomic E-state index is 12.4. The number of hydrogen-bond acceptors (Lipinski definition) is 5. The first-order valence-corrected chi connectivity index (χ1v) is 7.72. The highest BCUT2D eigenvalue weighted by Crippen LogP contribution is 2.29. The number of morpholine rings is 1. The van der Waals surface area contributed by atoms with Crippen LogP contribution in [0.4, 0.5) is 5.69 Å². The lowest BCUT2D eigenvalue weighted by Crippen LogP contribution is -2.41. The number of ether oxygens (including phenoxy) is 1. The van der Waals surface area contributed by atoms with Gasteiger partial charge in [-0.2, -0.15) is 0 Å². The fraction of sp³-hybridized carbons (Fsp3) is 0.364. The number of nitrogen functional groups attached to an aromatic ring is 1. The number of hydrogen-bond donors (Lipinski definition) is 2. The van der Waals surface area contributed by atoms with Crippen LogP contribution in [0.25, 0.3) is 0 Å². The fourth-order valence-corrected chi connectivity index (χ4v) is 2.88. The number of nitrogens with zero attached hydrogens (tertiary/aromatic N) is 1. The lowest BCUT2D eigenvalue weighted by molar-refractivity contribution is 0.0303. The van der Waals surface area contributed by atoms with E-state index in [0.717, 1.165) is 0 Å². The summed E-state index contributed by atoms with van der Waals surface area (Å²) in [6, 6.07) is 2.48. The van der Waals surface area contributed by atoms with E-state index in [1.807, 2.05) is 0 Å². The van der Waals surface area contributed by atoms with Gasteiger partial charge in [0, 0.05) is 13.1 Å². The molecule has 1 amide bonds. The number of primary sulfonamides is 1. The molecule has 1 fully saturated rings. The molecule has 0 aromatic heterocycles. The molecule has 0 bridgehead atoms. The molecule has 0 saturated carbocycles. The Morgan fingerprint density at radius 2 is 1.90 bits per heavy atom. The highest BCUT2D eigenvalue weighted by atomic mass is 35.5. The summed E-state index contributed by atoms with van der Waals surface area (Å²) in [5.41, 5.74) is 5.49. The first kappa shape index (κ1) is 15.0. The molecule has 0 radical (unpaired) electrons. The summed E-state index contributed by atoms with van der Waals surface area (Å²) in [4.78, 5) is 13.6. The summed E-state index contributed by atoms with van der Waals surface area (Å²) in [5, 5.41) is 5.15. The summed E-state index contributed by atoms with van der Waals surface area (Å²) >= 11 is 5.97. The molecule has 0 spiro atoms. The molecule has 4 N–H and O–H groups in total. The molecule has 0 unspecified atom stereocenters. The van der Waals surface area contributed by atoms with Crippen molar-refractivity contribution in [3.8, 4) is 0 Å². The summed E-state index contributed by atoms with van der Waals surface area (Å²) in [5.74, 6) is -0.429. The number of halogens is 1. The number of benzene rings is 1. The van der Waals surface area contributed by atoms with E-state index in [-0.39, 0.29) is 21.2 Å². The second-order valence-electron chi connectivity index (χ2n) is 4.28. The Morgan fingerprint density at radius 1 is 1.30 bits per heavy atom. The minimum Gasteiger partial charge on any atom is -0.397 e. The van der Waals surface area contributed by atoms with E-state index < -0.39 is 15.9 Å². The molecule has 1 aromatic rings. The highest BCUT2D eigenvalue weighted by Gasteiger charge is 2.26. The van der Waals surface area contributed by atoms with Crippen molar-refractivity contribution in [1.82, 2.24) is 4.90 Å². The summed E-state index contributed by atoms with van der Waals surface area (Å²) < 4.78 is 28.0. The van der Waals surface area contributed by atoms with Gasteiger partial charge < -0.3 is 15.4 Å². The fourth-order valence-electron chi connectivity index (χ4n) is 1.96. The standard InChI is InChI=1S/C11H14ClN3O4S/c12-7-1-2-8(20(14,17)18)10(13)9(7)11(16)15-3-5-19-6-4-15/h1-2H,3-6,13H2,(H2,14,17,18). The first-order valence-electron chi connectivity index (χ1n) is 5.80. The van der Waals surface area contributed by atoms with Crippen LogP contribution in [0.15, 0.2) is 17.0 Å². The van der Waals surface area contributed by atoms with Crippen LogP contribution in [-0.2, 0) is 14.8 Å². The predicted octanol–water partition coefficient (Wildman–Crippen LogP) is 0.0420. The van der Waals surface area contributed by atoms with Gasteiger partial charge >= 0.3 is 0 Å². The molecule has 0 aliphatic carbocycles. The smallest absolute Gasteiger partial charge is 0.257 e. The van der Waals surface area contributed by atoms with Gasteiger partial charge in [-0.3, -0.25) is 4.79 Å². The maximum atomic E-state index is 12.4. The van der Waals surface area contributed by atoms with Crippen LogP contribution in [0.3, 0.4) is 0 Å². The van der Waals surface area contributed by atoms with Crippen LogP contribution >= 0.6 is 11.6 Å². The third-order valence-corrected chi connectivity index (χ3v) is 4.26. The molecular formula is C11H14ClN3O4S. The zero-order valence-electron chi connectivity index (χ0n) is 10.5. The van der Waals surface area contributed by atoms with E-state index in [9.17, 15) is 13.2 Å². The predicted molar refractivity (Wildman–Crippen MR) is 74.0 cm³/mol. The Bertz CT molecular complexity index is 641. The van der Waals surface area contributed by atoms with Gasteiger partial charge in [0.2, 0.25) is 10.0 Å². The van der Waals surface area contributed by atoms with Gasteiger partial charge in [0.25, 0.3) is 5.91 Å². The van der Waals surface area contributed by atoms with Gasteiger partial charge in [-0.15, -0.1) is 0 Å². The lowest BCUT2D eigenvalue weighted by Gasteiger charge is -2.27. The van der Waals surface area contributed by atoms with E-state index in [1.165, 1.54) is 17.0 Å². The molecule has 2 rings (SSSR count). The van der Waals surface area contributed by atoms with Crippen molar-refractivity contribution in [2.75, 3.05) is 32.0 Å². The Balaban J connectivity index is 2.47. The zero-order chi connectivity index (χ0) is 14.9. The average molecular weight is 320 g/mol. The molecule has 1 aromatic carbocycles. The van der Waals surface area contributed by atoms with Crippen LogP contribution in [0.5, 0.6) is 0 Å². The number of nitrogens with two attached hydrogens (primary N) is 2. The van der Waals surface area contributed by atoms with Gasteiger partial charge in [0.05, 0.1) is 29.5 Å². The van der Waals surface area contributed by atoms with Crippen LogP contribution in [0, 0.1) is 0 Å². The van der Waals surface area contributed by atoms with Crippen LogP contribution in [0.2, 0.25) is 5.02 Å². The Hall–Kier alpha value is -1.35. The van der Waals surface area contributed by atoms with Crippen molar-refractivity contribution in [2.45, 2.75) is 4.90 Å². The van der Waals surface area contributed by atoms with Crippen molar-refractivity contribution in [3.63, 3.8) is 0 Å². The molecule has 0 atom stereocenters. The third kappa shape index (κ3) is 2.88. The second kappa shape index (κ2) is 5.57.